The van der Waals surface area contributed by atoms with Gasteiger partial charge in [-0.05, 0) is 12.3 Å². The van der Waals surface area contributed by atoms with E-state index in [1.165, 1.54) is 12.8 Å². The predicted octanol–water partition coefficient (Wildman–Crippen LogP) is 2.17. The van der Waals surface area contributed by atoms with Gasteiger partial charge in [-0.1, -0.05) is 19.8 Å². The number of nitrogens with zero attached hydrogens (tertiary/aromatic N) is 2. The molecule has 16 heavy (non-hydrogen) atoms. The van der Waals surface area contributed by atoms with Crippen LogP contribution in [0.4, 0.5) is 0 Å². The molecule has 0 amide bonds. The zero-order valence-corrected chi connectivity index (χ0v) is 10.8. The summed E-state index contributed by atoms with van der Waals surface area (Å²) in [5.41, 5.74) is 0. The van der Waals surface area contributed by atoms with E-state index in [4.69, 9.17) is 10.7 Å². The van der Waals surface area contributed by atoms with Crippen molar-refractivity contribution in [3.63, 3.8) is 0 Å². The molecule has 1 aromatic rings. The first-order valence-corrected chi connectivity index (χ1v) is 7.82. The van der Waals surface area contributed by atoms with Gasteiger partial charge in [-0.3, -0.25) is 0 Å². The first-order chi connectivity index (χ1) is 7.50. The molecular weight excluding hydrogens is 248 g/mol. The van der Waals surface area contributed by atoms with Crippen molar-refractivity contribution >= 4 is 19.7 Å². The normalized spacial score (nSPS) is 16.6. The zero-order valence-electron chi connectivity index (χ0n) is 9.19. The van der Waals surface area contributed by atoms with Crippen LogP contribution in [0.2, 0.25) is 0 Å². The van der Waals surface area contributed by atoms with Gasteiger partial charge in [0.05, 0.1) is 0 Å². The van der Waals surface area contributed by atoms with Crippen molar-refractivity contribution in [2.75, 3.05) is 0 Å². The minimum absolute atomic E-state index is 0.0261. The van der Waals surface area contributed by atoms with E-state index in [2.05, 4.69) is 4.98 Å². The number of aromatic nitrogens is 2. The number of rotatable bonds is 5. The number of imidazole rings is 1. The van der Waals surface area contributed by atoms with Gasteiger partial charge in [0.25, 0.3) is 9.05 Å². The Morgan fingerprint density at radius 1 is 1.56 bits per heavy atom. The van der Waals surface area contributed by atoms with Crippen molar-refractivity contribution < 1.29 is 8.42 Å². The van der Waals surface area contributed by atoms with E-state index < -0.39 is 9.05 Å². The van der Waals surface area contributed by atoms with Crippen LogP contribution in [-0.4, -0.2) is 18.0 Å². The molecule has 1 aromatic heterocycles. The SMILES string of the molecule is CCc1nc(S(=O)(=O)Cl)cn1CCC1CC1. The average Bonchev–Trinajstić information content (AvgIpc) is 2.92. The third-order valence-corrected chi connectivity index (χ3v) is 4.05. The van der Waals surface area contributed by atoms with E-state index in [-0.39, 0.29) is 5.03 Å². The summed E-state index contributed by atoms with van der Waals surface area (Å²) in [5, 5.41) is -0.0261. The van der Waals surface area contributed by atoms with Crippen LogP contribution in [-0.2, 0) is 22.0 Å². The molecule has 0 unspecified atom stereocenters. The summed E-state index contributed by atoms with van der Waals surface area (Å²) >= 11 is 0. The molecule has 0 aliphatic heterocycles. The van der Waals surface area contributed by atoms with E-state index in [0.29, 0.717) is 0 Å². The number of halogens is 1. The highest BCUT2D eigenvalue weighted by molar-refractivity contribution is 8.13. The summed E-state index contributed by atoms with van der Waals surface area (Å²) in [6.45, 7) is 2.80. The Balaban J connectivity index is 2.18. The van der Waals surface area contributed by atoms with Gasteiger partial charge in [-0.2, -0.15) is 0 Å². The Kier molecular flexibility index (Phi) is 3.26. The second kappa shape index (κ2) is 4.37. The number of aryl methyl sites for hydroxylation is 2. The maximum absolute atomic E-state index is 11.2. The molecule has 1 aliphatic carbocycles. The van der Waals surface area contributed by atoms with Crippen LogP contribution in [0.3, 0.4) is 0 Å². The lowest BCUT2D eigenvalue weighted by molar-refractivity contribution is 0.576. The molecule has 0 spiro atoms. The Morgan fingerprint density at radius 3 is 2.75 bits per heavy atom. The van der Waals surface area contributed by atoms with E-state index in [1.807, 2.05) is 11.5 Å². The van der Waals surface area contributed by atoms with Crippen LogP contribution < -0.4 is 0 Å². The smallest absolute Gasteiger partial charge is 0.280 e. The molecule has 6 heteroatoms. The van der Waals surface area contributed by atoms with Crippen molar-refractivity contribution in [3.05, 3.63) is 12.0 Å². The molecule has 2 rings (SSSR count). The largest absolute Gasteiger partial charge is 0.333 e. The van der Waals surface area contributed by atoms with Crippen LogP contribution in [0, 0.1) is 5.92 Å². The molecule has 4 nitrogen and oxygen atoms in total. The molecule has 0 bridgehead atoms. The molecular formula is C10H15ClN2O2S. The highest BCUT2D eigenvalue weighted by Gasteiger charge is 2.22. The molecule has 0 N–H and O–H groups in total. The summed E-state index contributed by atoms with van der Waals surface area (Å²) in [7, 11) is 1.58. The lowest BCUT2D eigenvalue weighted by Crippen LogP contribution is -2.02. The average molecular weight is 263 g/mol. The van der Waals surface area contributed by atoms with Crippen LogP contribution in [0.1, 0.15) is 32.0 Å². The highest BCUT2D eigenvalue weighted by atomic mass is 35.7. The van der Waals surface area contributed by atoms with Crippen molar-refractivity contribution in [1.82, 2.24) is 9.55 Å². The fourth-order valence-corrected chi connectivity index (χ4v) is 2.44. The summed E-state index contributed by atoms with van der Waals surface area (Å²) in [6, 6.07) is 0. The molecule has 1 saturated carbocycles. The molecule has 0 saturated heterocycles. The first-order valence-electron chi connectivity index (χ1n) is 5.51. The van der Waals surface area contributed by atoms with Gasteiger partial charge in [0.15, 0.2) is 5.03 Å². The van der Waals surface area contributed by atoms with E-state index in [9.17, 15) is 8.42 Å². The quantitative estimate of drug-likeness (QED) is 0.765. The van der Waals surface area contributed by atoms with Crippen LogP contribution >= 0.6 is 10.7 Å². The summed E-state index contributed by atoms with van der Waals surface area (Å²) < 4.78 is 24.2. The van der Waals surface area contributed by atoms with Crippen molar-refractivity contribution in [2.45, 2.75) is 44.2 Å². The fourth-order valence-electron chi connectivity index (χ4n) is 1.75. The lowest BCUT2D eigenvalue weighted by Gasteiger charge is -2.04. The molecule has 0 radical (unpaired) electrons. The van der Waals surface area contributed by atoms with Crippen LogP contribution in [0.5, 0.6) is 0 Å². The van der Waals surface area contributed by atoms with Gasteiger partial charge in [0.1, 0.15) is 5.82 Å². The standard InChI is InChI=1S/C10H15ClN2O2S/c1-2-9-12-10(16(11,14)15)7-13(9)6-5-8-3-4-8/h7-8H,2-6H2,1H3. The molecule has 0 atom stereocenters. The second-order valence-corrected chi connectivity index (χ2v) is 6.73. The Bertz CT molecular complexity index is 477. The minimum atomic E-state index is -3.70. The first kappa shape index (κ1) is 11.9. The van der Waals surface area contributed by atoms with Crippen molar-refractivity contribution in [3.8, 4) is 0 Å². The monoisotopic (exact) mass is 262 g/mol. The Morgan fingerprint density at radius 2 is 2.25 bits per heavy atom. The number of hydrogen-bond acceptors (Lipinski definition) is 3. The lowest BCUT2D eigenvalue weighted by atomic mass is 10.3. The summed E-state index contributed by atoms with van der Waals surface area (Å²) in [6.07, 6.45) is 5.97. The maximum Gasteiger partial charge on any atom is 0.280 e. The molecule has 1 heterocycles. The maximum atomic E-state index is 11.2. The van der Waals surface area contributed by atoms with E-state index in [0.717, 1.165) is 31.1 Å². The minimum Gasteiger partial charge on any atom is -0.333 e. The topological polar surface area (TPSA) is 52.0 Å². The van der Waals surface area contributed by atoms with Gasteiger partial charge in [0, 0.05) is 29.8 Å². The molecule has 1 aliphatic rings. The van der Waals surface area contributed by atoms with Crippen molar-refractivity contribution in [2.24, 2.45) is 5.92 Å². The highest BCUT2D eigenvalue weighted by Crippen LogP contribution is 2.33. The fraction of sp³-hybridized carbons (Fsp3) is 0.700. The zero-order chi connectivity index (χ0) is 11.8. The van der Waals surface area contributed by atoms with Gasteiger partial charge in [0.2, 0.25) is 0 Å². The van der Waals surface area contributed by atoms with Crippen LogP contribution in [0.15, 0.2) is 11.2 Å². The van der Waals surface area contributed by atoms with E-state index in [1.54, 1.807) is 6.20 Å². The molecule has 90 valence electrons. The van der Waals surface area contributed by atoms with Gasteiger partial charge in [-0.15, -0.1) is 0 Å². The van der Waals surface area contributed by atoms with Crippen molar-refractivity contribution in [1.29, 1.82) is 0 Å². The summed E-state index contributed by atoms with van der Waals surface area (Å²) in [4.78, 5) is 4.04. The third kappa shape index (κ3) is 2.77. The van der Waals surface area contributed by atoms with Gasteiger partial charge in [-0.25, -0.2) is 13.4 Å². The Hall–Kier alpha value is -0.550. The van der Waals surface area contributed by atoms with Gasteiger partial charge < -0.3 is 4.57 Å². The van der Waals surface area contributed by atoms with E-state index >= 15 is 0 Å². The Labute approximate surface area is 100 Å². The van der Waals surface area contributed by atoms with Crippen LogP contribution in [0.25, 0.3) is 0 Å². The summed E-state index contributed by atoms with van der Waals surface area (Å²) in [5.74, 6) is 1.61. The van der Waals surface area contributed by atoms with Gasteiger partial charge >= 0.3 is 0 Å². The third-order valence-electron chi connectivity index (χ3n) is 2.88. The number of hydrogen-bond donors (Lipinski definition) is 0. The molecule has 1 fully saturated rings. The predicted molar refractivity (Wildman–Crippen MR) is 62.0 cm³/mol. The molecule has 0 aromatic carbocycles. The second-order valence-electron chi connectivity index (χ2n) is 4.21.